The molecule has 6 heteroatoms. The molecule has 6 rings (SSSR count). The monoisotopic (exact) mass is 514 g/mol. The van der Waals surface area contributed by atoms with Gasteiger partial charge in [-0.15, -0.1) is 0 Å². The molecule has 38 heavy (non-hydrogen) atoms. The van der Waals surface area contributed by atoms with Gasteiger partial charge in [0.1, 0.15) is 17.3 Å². The molecule has 0 bridgehead atoms. The normalized spacial score (nSPS) is 22.6. The fraction of sp³-hybridized carbons (Fsp3) is 0.438. The van der Waals surface area contributed by atoms with Gasteiger partial charge in [0.25, 0.3) is 0 Å². The maximum absolute atomic E-state index is 13.7. The lowest BCUT2D eigenvalue weighted by Gasteiger charge is -2.43. The third-order valence-corrected chi connectivity index (χ3v) is 8.27. The molecule has 0 saturated carbocycles. The summed E-state index contributed by atoms with van der Waals surface area (Å²) in [7, 11) is 0. The highest BCUT2D eigenvalue weighted by molar-refractivity contribution is 6.04. The van der Waals surface area contributed by atoms with Crippen molar-refractivity contribution in [3.63, 3.8) is 0 Å². The van der Waals surface area contributed by atoms with Gasteiger partial charge in [0.05, 0.1) is 0 Å². The van der Waals surface area contributed by atoms with Crippen LogP contribution in [0.2, 0.25) is 0 Å². The van der Waals surface area contributed by atoms with Crippen LogP contribution in [0, 0.1) is 16.7 Å². The molecule has 2 aliphatic carbocycles. The van der Waals surface area contributed by atoms with E-state index in [1.807, 2.05) is 36.4 Å². The van der Waals surface area contributed by atoms with Crippen LogP contribution in [0.1, 0.15) is 76.8 Å². The number of ether oxygens (including phenoxy) is 3. The molecule has 2 aliphatic heterocycles. The molecule has 1 atom stereocenters. The van der Waals surface area contributed by atoms with Crippen LogP contribution >= 0.6 is 0 Å². The predicted molar refractivity (Wildman–Crippen MR) is 142 cm³/mol. The molecule has 2 heterocycles. The highest BCUT2D eigenvalue weighted by Gasteiger charge is 2.48. The molecular formula is C32H34O6. The van der Waals surface area contributed by atoms with E-state index in [4.69, 9.17) is 14.2 Å². The number of Topliss-reactive ketones (excluding diaryl/α,β-unsaturated/α-hetero) is 2. The average Bonchev–Trinajstić information content (AvgIpc) is 3.27. The number of hydrogen-bond acceptors (Lipinski definition) is 6. The molecule has 1 N–H and O–H groups in total. The van der Waals surface area contributed by atoms with Gasteiger partial charge in [-0.1, -0.05) is 58.0 Å². The molecule has 4 aliphatic rings. The second-order valence-electron chi connectivity index (χ2n) is 12.7. The lowest BCUT2D eigenvalue weighted by atomic mass is 9.65. The van der Waals surface area contributed by atoms with Crippen molar-refractivity contribution in [2.75, 3.05) is 6.79 Å². The molecule has 1 unspecified atom stereocenters. The third-order valence-electron chi connectivity index (χ3n) is 8.27. The largest absolute Gasteiger partial charge is 0.508 e. The number of hydrogen-bond donors (Lipinski definition) is 1. The van der Waals surface area contributed by atoms with Crippen molar-refractivity contribution in [1.29, 1.82) is 0 Å². The number of carbonyl (C=O) groups is 2. The van der Waals surface area contributed by atoms with Gasteiger partial charge >= 0.3 is 0 Å². The number of phenols is 1. The first-order chi connectivity index (χ1) is 18.0. The summed E-state index contributed by atoms with van der Waals surface area (Å²) in [4.78, 5) is 27.4. The van der Waals surface area contributed by atoms with E-state index in [-0.39, 0.29) is 40.9 Å². The zero-order valence-electron chi connectivity index (χ0n) is 22.4. The van der Waals surface area contributed by atoms with E-state index in [1.165, 1.54) is 0 Å². The Labute approximate surface area is 223 Å². The molecule has 0 radical (unpaired) electrons. The van der Waals surface area contributed by atoms with Gasteiger partial charge in [-0.2, -0.15) is 0 Å². The van der Waals surface area contributed by atoms with Crippen molar-refractivity contribution in [2.24, 2.45) is 16.7 Å². The van der Waals surface area contributed by atoms with Gasteiger partial charge < -0.3 is 19.3 Å². The van der Waals surface area contributed by atoms with E-state index in [0.717, 1.165) is 5.56 Å². The van der Waals surface area contributed by atoms with Crippen LogP contribution in [0.3, 0.4) is 0 Å². The zero-order valence-corrected chi connectivity index (χ0v) is 22.4. The number of rotatable bonds is 4. The van der Waals surface area contributed by atoms with Crippen molar-refractivity contribution in [3.05, 3.63) is 76.3 Å². The second-order valence-corrected chi connectivity index (χ2v) is 12.7. The Bertz CT molecular complexity index is 1340. The van der Waals surface area contributed by atoms with E-state index in [2.05, 4.69) is 27.7 Å². The molecular weight excluding hydrogens is 480 g/mol. The summed E-state index contributed by atoms with van der Waals surface area (Å²) in [5.74, 6) is 2.01. The summed E-state index contributed by atoms with van der Waals surface area (Å²) in [6, 6.07) is 13.4. The van der Waals surface area contributed by atoms with E-state index in [0.29, 0.717) is 71.8 Å². The minimum Gasteiger partial charge on any atom is -0.508 e. The Morgan fingerprint density at radius 1 is 0.842 bits per heavy atom. The van der Waals surface area contributed by atoms with Crippen LogP contribution in [0.4, 0.5) is 0 Å². The molecule has 0 aromatic heterocycles. The van der Waals surface area contributed by atoms with Crippen molar-refractivity contribution >= 4 is 11.6 Å². The predicted octanol–water partition coefficient (Wildman–Crippen LogP) is 6.58. The fourth-order valence-electron chi connectivity index (χ4n) is 6.63. The lowest BCUT2D eigenvalue weighted by Crippen LogP contribution is -2.39. The molecule has 0 saturated heterocycles. The van der Waals surface area contributed by atoms with Crippen LogP contribution in [0.25, 0.3) is 0 Å². The summed E-state index contributed by atoms with van der Waals surface area (Å²) < 4.78 is 17.6. The number of ketones is 2. The third kappa shape index (κ3) is 4.30. The van der Waals surface area contributed by atoms with Gasteiger partial charge in [-0.05, 0) is 28.9 Å². The summed E-state index contributed by atoms with van der Waals surface area (Å²) in [5, 5.41) is 11.1. The molecule has 198 valence electrons. The summed E-state index contributed by atoms with van der Waals surface area (Å²) in [6.45, 7) is 8.46. The van der Waals surface area contributed by atoms with Crippen molar-refractivity contribution < 1.29 is 28.9 Å². The molecule has 0 amide bonds. The SMILES string of the molecule is CC1(C)CC(=O)C2=C(C1)OC1=C(C(=O)CC(C)(C)C1)C2CC(c1ccccc1)c1cc2c(cc1O)OCO2. The maximum atomic E-state index is 13.7. The zero-order chi connectivity index (χ0) is 26.8. The van der Waals surface area contributed by atoms with Crippen molar-refractivity contribution in [1.82, 2.24) is 0 Å². The number of allylic oxidation sites excluding steroid dienone is 4. The number of carbonyl (C=O) groups excluding carboxylic acids is 2. The molecule has 6 nitrogen and oxygen atoms in total. The molecule has 2 aromatic rings. The molecule has 2 aromatic carbocycles. The van der Waals surface area contributed by atoms with E-state index >= 15 is 0 Å². The van der Waals surface area contributed by atoms with E-state index in [1.54, 1.807) is 6.07 Å². The highest BCUT2D eigenvalue weighted by atomic mass is 16.7. The van der Waals surface area contributed by atoms with Crippen LogP contribution in [0.5, 0.6) is 17.2 Å². The van der Waals surface area contributed by atoms with Crippen LogP contribution < -0.4 is 9.47 Å². The topological polar surface area (TPSA) is 82.1 Å². The minimum atomic E-state index is -0.407. The maximum Gasteiger partial charge on any atom is 0.231 e. The lowest BCUT2D eigenvalue weighted by molar-refractivity contribution is -0.121. The van der Waals surface area contributed by atoms with E-state index in [9.17, 15) is 14.7 Å². The summed E-state index contributed by atoms with van der Waals surface area (Å²) in [6.07, 6.45) is 2.59. The van der Waals surface area contributed by atoms with Gasteiger partial charge in [-0.25, -0.2) is 0 Å². The molecule has 0 spiro atoms. The van der Waals surface area contributed by atoms with Gasteiger partial charge in [0.2, 0.25) is 6.79 Å². The minimum absolute atomic E-state index is 0.0483. The standard InChI is InChI=1S/C32H34O6/c1-31(2)13-23(34)29-21(30-24(35)14-32(3,4)16-28(30)38-27(29)15-31)10-19(18-8-6-5-7-9-18)20-11-25-26(12-22(20)33)37-17-36-25/h5-9,11-12,19,21,33H,10,13-17H2,1-4H3. The Hall–Kier alpha value is -3.54. The fourth-order valence-corrected chi connectivity index (χ4v) is 6.63. The first-order valence-corrected chi connectivity index (χ1v) is 13.4. The van der Waals surface area contributed by atoms with Crippen LogP contribution in [-0.4, -0.2) is 23.5 Å². The van der Waals surface area contributed by atoms with Crippen LogP contribution in [-0.2, 0) is 14.3 Å². The van der Waals surface area contributed by atoms with E-state index < -0.39 is 5.92 Å². The smallest absolute Gasteiger partial charge is 0.231 e. The second kappa shape index (κ2) is 8.75. The van der Waals surface area contributed by atoms with Gasteiger partial charge in [0.15, 0.2) is 23.1 Å². The number of benzene rings is 2. The highest BCUT2D eigenvalue weighted by Crippen LogP contribution is 2.53. The number of fused-ring (bicyclic) bond motifs is 1. The van der Waals surface area contributed by atoms with Gasteiger partial charge in [0, 0.05) is 60.3 Å². The average molecular weight is 515 g/mol. The summed E-state index contributed by atoms with van der Waals surface area (Å²) in [5.41, 5.74) is 2.53. The first-order valence-electron chi connectivity index (χ1n) is 13.4. The Morgan fingerprint density at radius 3 is 1.97 bits per heavy atom. The number of aromatic hydroxyl groups is 1. The number of phenolic OH excluding ortho intramolecular Hbond substituents is 1. The quantitative estimate of drug-likeness (QED) is 0.497. The first kappa shape index (κ1) is 24.8. The molecule has 0 fully saturated rings. The van der Waals surface area contributed by atoms with Crippen molar-refractivity contribution in [3.8, 4) is 17.2 Å². The van der Waals surface area contributed by atoms with Crippen molar-refractivity contribution in [2.45, 2.75) is 65.7 Å². The summed E-state index contributed by atoms with van der Waals surface area (Å²) >= 11 is 0. The van der Waals surface area contributed by atoms with Gasteiger partial charge in [-0.3, -0.25) is 9.59 Å². The Balaban J connectivity index is 1.50. The van der Waals surface area contributed by atoms with Crippen LogP contribution in [0.15, 0.2) is 65.1 Å². The Kier molecular flexibility index (Phi) is 5.71. The Morgan fingerprint density at radius 2 is 1.39 bits per heavy atom.